The summed E-state index contributed by atoms with van der Waals surface area (Å²) in [4.78, 5) is 32.7. The van der Waals surface area contributed by atoms with Gasteiger partial charge >= 0.3 is 0 Å². The second-order valence-electron chi connectivity index (χ2n) is 5.41. The van der Waals surface area contributed by atoms with Crippen molar-refractivity contribution in [1.29, 1.82) is 0 Å². The molecule has 0 atom stereocenters. The Morgan fingerprint density at radius 3 is 2.21 bits per heavy atom. The van der Waals surface area contributed by atoms with Gasteiger partial charge in [0.1, 0.15) is 5.75 Å². The number of allylic oxidation sites excluding steroid dienone is 1. The van der Waals surface area contributed by atoms with Crippen molar-refractivity contribution in [3.05, 3.63) is 45.9 Å². The first-order chi connectivity index (χ1) is 11.3. The first kappa shape index (κ1) is 21.7. The molecule has 0 saturated heterocycles. The number of aryl methyl sites for hydroxylation is 1. The molecule has 0 saturated carbocycles. The van der Waals surface area contributed by atoms with E-state index in [9.17, 15) is 9.59 Å². The summed E-state index contributed by atoms with van der Waals surface area (Å²) < 4.78 is 5.39. The van der Waals surface area contributed by atoms with Gasteiger partial charge in [-0.05, 0) is 43.9 Å². The normalized spacial score (nSPS) is 9.54. The molecule has 0 spiro atoms. The zero-order valence-corrected chi connectivity index (χ0v) is 15.3. The first-order valence-electron chi connectivity index (χ1n) is 8.05. The number of rotatable bonds is 8. The molecule has 0 aliphatic heterocycles. The van der Waals surface area contributed by atoms with Gasteiger partial charge < -0.3 is 4.74 Å². The fourth-order valence-electron chi connectivity index (χ4n) is 2.11. The van der Waals surface area contributed by atoms with Crippen molar-refractivity contribution in [3.63, 3.8) is 0 Å². The van der Waals surface area contributed by atoms with E-state index in [1.165, 1.54) is 6.92 Å². The average Bonchev–Trinajstić information content (AvgIpc) is 2.56. The summed E-state index contributed by atoms with van der Waals surface area (Å²) in [6.45, 7) is 11.3. The third kappa shape index (κ3) is 6.07. The van der Waals surface area contributed by atoms with Crippen LogP contribution in [0.4, 0.5) is 0 Å². The minimum Gasteiger partial charge on any atom is -0.496 e. The van der Waals surface area contributed by atoms with Gasteiger partial charge in [0.15, 0.2) is 11.6 Å². The van der Waals surface area contributed by atoms with Gasteiger partial charge in [-0.2, -0.15) is 4.91 Å². The molecular weight excluding hydrogens is 306 g/mol. The van der Waals surface area contributed by atoms with E-state index in [0.29, 0.717) is 17.9 Å². The van der Waals surface area contributed by atoms with Gasteiger partial charge in [-0.3, -0.25) is 9.59 Å². The summed E-state index contributed by atoms with van der Waals surface area (Å²) >= 11 is 0. The smallest absolute Gasteiger partial charge is 0.199 e. The Balaban J connectivity index is 0.000000922. The molecular formula is C19H27NO4. The van der Waals surface area contributed by atoms with Gasteiger partial charge in [-0.1, -0.05) is 38.1 Å². The maximum Gasteiger partial charge on any atom is 0.199 e. The summed E-state index contributed by atoms with van der Waals surface area (Å²) in [5.41, 5.74) is 2.51. The quantitative estimate of drug-likeness (QED) is 0.232. The molecule has 0 fully saturated rings. The predicted molar refractivity (Wildman–Crippen MR) is 96.8 cm³/mol. The SMILES string of the molecule is C=C(C(C)=O)C(=O)c1ccc(C)c(CCC)c1OC.CCCN=O. The molecule has 132 valence electrons. The lowest BCUT2D eigenvalue weighted by atomic mass is 9.94. The molecule has 0 amide bonds. The van der Waals surface area contributed by atoms with Crippen LogP contribution >= 0.6 is 0 Å². The number of carbonyl (C=O) groups excluding carboxylic acids is 2. The third-order valence-electron chi connectivity index (χ3n) is 3.46. The van der Waals surface area contributed by atoms with Crippen LogP contribution in [0.25, 0.3) is 0 Å². The molecule has 0 N–H and O–H groups in total. The van der Waals surface area contributed by atoms with Gasteiger partial charge in [0, 0.05) is 0 Å². The van der Waals surface area contributed by atoms with Crippen molar-refractivity contribution in [2.75, 3.05) is 13.7 Å². The van der Waals surface area contributed by atoms with Gasteiger partial charge in [0.2, 0.25) is 0 Å². The van der Waals surface area contributed by atoms with Gasteiger partial charge in [0.05, 0.1) is 24.8 Å². The number of nitrogens with zero attached hydrogens (tertiary/aromatic N) is 1. The maximum absolute atomic E-state index is 12.2. The zero-order valence-electron chi connectivity index (χ0n) is 15.3. The number of carbonyl (C=O) groups is 2. The lowest BCUT2D eigenvalue weighted by molar-refractivity contribution is -0.113. The minimum absolute atomic E-state index is 0.00963. The number of ketones is 2. The molecule has 0 unspecified atom stereocenters. The van der Waals surface area contributed by atoms with Gasteiger partial charge in [0.25, 0.3) is 0 Å². The van der Waals surface area contributed by atoms with E-state index >= 15 is 0 Å². The largest absolute Gasteiger partial charge is 0.496 e. The second kappa shape index (κ2) is 11.3. The highest BCUT2D eigenvalue weighted by Crippen LogP contribution is 2.30. The van der Waals surface area contributed by atoms with Crippen LogP contribution in [0.3, 0.4) is 0 Å². The molecule has 5 heteroatoms. The highest BCUT2D eigenvalue weighted by atomic mass is 16.5. The van der Waals surface area contributed by atoms with Crippen molar-refractivity contribution in [2.24, 2.45) is 5.18 Å². The Hall–Kier alpha value is -2.30. The topological polar surface area (TPSA) is 72.8 Å². The summed E-state index contributed by atoms with van der Waals surface area (Å²) in [6.07, 6.45) is 2.66. The minimum atomic E-state index is -0.360. The molecule has 0 heterocycles. The van der Waals surface area contributed by atoms with E-state index in [1.54, 1.807) is 13.2 Å². The highest BCUT2D eigenvalue weighted by molar-refractivity contribution is 6.26. The Kier molecular flexibility index (Phi) is 10.2. The monoisotopic (exact) mass is 333 g/mol. The molecule has 24 heavy (non-hydrogen) atoms. The summed E-state index contributed by atoms with van der Waals surface area (Å²) in [6, 6.07) is 3.58. The first-order valence-corrected chi connectivity index (χ1v) is 8.05. The molecule has 0 aliphatic rings. The van der Waals surface area contributed by atoms with Crippen molar-refractivity contribution >= 4 is 11.6 Å². The van der Waals surface area contributed by atoms with Crippen molar-refractivity contribution in [1.82, 2.24) is 0 Å². The number of ether oxygens (including phenoxy) is 1. The summed E-state index contributed by atoms with van der Waals surface area (Å²) in [5.74, 6) is -0.111. The van der Waals surface area contributed by atoms with Crippen molar-refractivity contribution in [2.45, 2.75) is 47.0 Å². The van der Waals surface area contributed by atoms with Crippen LogP contribution in [0.1, 0.15) is 55.1 Å². The number of benzene rings is 1. The van der Waals surface area contributed by atoms with E-state index in [1.807, 2.05) is 19.9 Å². The van der Waals surface area contributed by atoms with E-state index in [2.05, 4.69) is 18.7 Å². The van der Waals surface area contributed by atoms with Crippen LogP contribution in [-0.4, -0.2) is 25.2 Å². The summed E-state index contributed by atoms with van der Waals surface area (Å²) in [5, 5.41) is 2.60. The second-order valence-corrected chi connectivity index (χ2v) is 5.41. The zero-order chi connectivity index (χ0) is 18.7. The fraction of sp³-hybridized carbons (Fsp3) is 0.474. The summed E-state index contributed by atoms with van der Waals surface area (Å²) in [7, 11) is 1.54. The molecule has 1 aromatic rings. The van der Waals surface area contributed by atoms with Crippen LogP contribution in [0.5, 0.6) is 5.75 Å². The number of nitroso groups, excluding NO2 is 1. The molecule has 1 aromatic carbocycles. The number of methoxy groups -OCH3 is 1. The fourth-order valence-corrected chi connectivity index (χ4v) is 2.11. The molecule has 0 radical (unpaired) electrons. The molecule has 0 bridgehead atoms. The van der Waals surface area contributed by atoms with E-state index < -0.39 is 0 Å². The highest BCUT2D eigenvalue weighted by Gasteiger charge is 2.21. The number of hydrogen-bond acceptors (Lipinski definition) is 5. The Morgan fingerprint density at radius 1 is 1.21 bits per heavy atom. The predicted octanol–water partition coefficient (Wildman–Crippen LogP) is 4.45. The van der Waals surface area contributed by atoms with Crippen molar-refractivity contribution < 1.29 is 14.3 Å². The Labute approximate surface area is 144 Å². The van der Waals surface area contributed by atoms with Gasteiger partial charge in [-0.15, -0.1) is 0 Å². The standard InChI is InChI=1S/C16H20O3.C3H7NO/c1-6-7-13-10(2)8-9-14(16(13)19-5)15(18)11(3)12(4)17;1-2-3-4-5/h8-9H,3,6-7H2,1-2,4-5H3;2-3H2,1H3. The number of Topliss-reactive ketones (excluding diaryl/α,β-unsaturated/α-hetero) is 2. The Morgan fingerprint density at radius 2 is 1.83 bits per heavy atom. The van der Waals surface area contributed by atoms with E-state index in [-0.39, 0.29) is 17.1 Å². The van der Waals surface area contributed by atoms with Crippen molar-refractivity contribution in [3.8, 4) is 5.75 Å². The van der Waals surface area contributed by atoms with Crippen LogP contribution in [-0.2, 0) is 11.2 Å². The molecule has 0 aliphatic carbocycles. The number of hydrogen-bond donors (Lipinski definition) is 0. The average molecular weight is 333 g/mol. The molecule has 1 rings (SSSR count). The maximum atomic E-state index is 12.2. The van der Waals surface area contributed by atoms with E-state index in [4.69, 9.17) is 9.64 Å². The van der Waals surface area contributed by atoms with Crippen LogP contribution < -0.4 is 4.74 Å². The molecule has 0 aromatic heterocycles. The van der Waals surface area contributed by atoms with E-state index in [0.717, 1.165) is 30.4 Å². The van der Waals surface area contributed by atoms with Crippen LogP contribution in [0, 0.1) is 11.8 Å². The lowest BCUT2D eigenvalue weighted by Crippen LogP contribution is -2.12. The van der Waals surface area contributed by atoms with Gasteiger partial charge in [-0.25, -0.2) is 0 Å². The van der Waals surface area contributed by atoms with Crippen LogP contribution in [0.2, 0.25) is 0 Å². The van der Waals surface area contributed by atoms with Crippen LogP contribution in [0.15, 0.2) is 29.5 Å². The third-order valence-corrected chi connectivity index (χ3v) is 3.46. The lowest BCUT2D eigenvalue weighted by Gasteiger charge is -2.15. The Bertz CT molecular complexity index is 606. The molecule has 5 nitrogen and oxygen atoms in total.